The van der Waals surface area contributed by atoms with Crippen molar-refractivity contribution < 1.29 is 4.74 Å². The highest BCUT2D eigenvalue weighted by molar-refractivity contribution is 6.30. The Morgan fingerprint density at radius 3 is 2.67 bits per heavy atom. The second-order valence-electron chi connectivity index (χ2n) is 4.30. The summed E-state index contributed by atoms with van der Waals surface area (Å²) in [5, 5.41) is 4.09. The summed E-state index contributed by atoms with van der Waals surface area (Å²) in [6.45, 7) is 8.29. The van der Waals surface area contributed by atoms with E-state index in [2.05, 4.69) is 11.9 Å². The molecule has 0 spiro atoms. The van der Waals surface area contributed by atoms with Crippen LogP contribution in [0.15, 0.2) is 36.4 Å². The number of hydrogen-bond acceptors (Lipinski definition) is 3. The third-order valence-electron chi connectivity index (χ3n) is 2.49. The maximum Gasteiger partial charge on any atom is 0.0672 e. The van der Waals surface area contributed by atoms with Crippen LogP contribution in [-0.4, -0.2) is 26.3 Å². The molecule has 18 heavy (non-hydrogen) atoms. The van der Waals surface area contributed by atoms with Gasteiger partial charge in [0.05, 0.1) is 13.2 Å². The van der Waals surface area contributed by atoms with E-state index >= 15 is 0 Å². The standard InChI is InChI=1S/C14H21ClN2O/c1-11(2)10-18-8-7-17-14(9-16)12-3-5-13(15)6-4-12/h3-6,14,17H,1,7-10,16H2,2H3. The molecule has 0 bridgehead atoms. The number of hydrogen-bond donors (Lipinski definition) is 2. The first-order valence-corrected chi connectivity index (χ1v) is 6.42. The molecule has 0 fully saturated rings. The topological polar surface area (TPSA) is 47.3 Å². The Bertz CT molecular complexity index is 365. The van der Waals surface area contributed by atoms with Gasteiger partial charge in [-0.3, -0.25) is 0 Å². The highest BCUT2D eigenvalue weighted by Gasteiger charge is 2.07. The lowest BCUT2D eigenvalue weighted by Gasteiger charge is -2.17. The molecule has 3 N–H and O–H groups in total. The van der Waals surface area contributed by atoms with Gasteiger partial charge in [0.2, 0.25) is 0 Å². The number of ether oxygens (including phenoxy) is 1. The maximum absolute atomic E-state index is 5.85. The molecule has 0 amide bonds. The third-order valence-corrected chi connectivity index (χ3v) is 2.75. The fraction of sp³-hybridized carbons (Fsp3) is 0.429. The summed E-state index contributed by atoms with van der Waals surface area (Å²) in [5.74, 6) is 0. The molecular formula is C14H21ClN2O. The van der Waals surface area contributed by atoms with Gasteiger partial charge in [0.15, 0.2) is 0 Å². The SMILES string of the molecule is C=C(C)COCCNC(CN)c1ccc(Cl)cc1. The third kappa shape index (κ3) is 5.65. The number of nitrogens with two attached hydrogens (primary N) is 1. The Hall–Kier alpha value is -0.870. The molecule has 1 atom stereocenters. The number of rotatable bonds is 8. The average molecular weight is 269 g/mol. The van der Waals surface area contributed by atoms with E-state index in [1.165, 1.54) is 0 Å². The average Bonchev–Trinajstić information content (AvgIpc) is 2.35. The van der Waals surface area contributed by atoms with Crippen LogP contribution in [-0.2, 0) is 4.74 Å². The van der Waals surface area contributed by atoms with E-state index in [9.17, 15) is 0 Å². The summed E-state index contributed by atoms with van der Waals surface area (Å²) in [4.78, 5) is 0. The normalized spacial score (nSPS) is 12.4. The first-order chi connectivity index (χ1) is 8.63. The number of halogens is 1. The zero-order valence-corrected chi connectivity index (χ0v) is 11.5. The summed E-state index contributed by atoms with van der Waals surface area (Å²) < 4.78 is 5.42. The van der Waals surface area contributed by atoms with Gasteiger partial charge in [0.1, 0.15) is 0 Å². The first-order valence-electron chi connectivity index (χ1n) is 6.04. The van der Waals surface area contributed by atoms with E-state index in [1.807, 2.05) is 31.2 Å². The van der Waals surface area contributed by atoms with E-state index in [-0.39, 0.29) is 6.04 Å². The van der Waals surface area contributed by atoms with Gasteiger partial charge in [-0.05, 0) is 24.6 Å². The lowest BCUT2D eigenvalue weighted by Crippen LogP contribution is -2.30. The molecule has 1 aromatic rings. The summed E-state index contributed by atoms with van der Waals surface area (Å²) in [6.07, 6.45) is 0. The van der Waals surface area contributed by atoms with Crippen LogP contribution in [0.2, 0.25) is 5.02 Å². The molecule has 0 saturated heterocycles. The monoisotopic (exact) mass is 268 g/mol. The number of benzene rings is 1. The van der Waals surface area contributed by atoms with Crippen LogP contribution in [0.1, 0.15) is 18.5 Å². The maximum atomic E-state index is 5.85. The van der Waals surface area contributed by atoms with E-state index in [0.717, 1.165) is 22.7 Å². The molecule has 0 aliphatic carbocycles. The summed E-state index contributed by atoms with van der Waals surface area (Å²) >= 11 is 5.85. The molecular weight excluding hydrogens is 248 g/mol. The van der Waals surface area contributed by atoms with Gasteiger partial charge in [-0.1, -0.05) is 35.9 Å². The fourth-order valence-corrected chi connectivity index (χ4v) is 1.71. The first kappa shape index (κ1) is 15.2. The van der Waals surface area contributed by atoms with Crippen LogP contribution < -0.4 is 11.1 Å². The molecule has 100 valence electrons. The predicted molar refractivity (Wildman–Crippen MR) is 76.9 cm³/mol. The van der Waals surface area contributed by atoms with E-state index < -0.39 is 0 Å². The minimum Gasteiger partial charge on any atom is -0.376 e. The van der Waals surface area contributed by atoms with Crippen molar-refractivity contribution in [3.8, 4) is 0 Å². The molecule has 0 aliphatic rings. The molecule has 0 radical (unpaired) electrons. The smallest absolute Gasteiger partial charge is 0.0672 e. The molecule has 0 heterocycles. The Morgan fingerprint density at radius 1 is 1.44 bits per heavy atom. The van der Waals surface area contributed by atoms with Crippen molar-refractivity contribution >= 4 is 11.6 Å². The summed E-state index contributed by atoms with van der Waals surface area (Å²) in [5.41, 5.74) is 7.93. The van der Waals surface area contributed by atoms with Crippen molar-refractivity contribution in [1.29, 1.82) is 0 Å². The molecule has 4 heteroatoms. The minimum atomic E-state index is 0.135. The Balaban J connectivity index is 2.33. The zero-order chi connectivity index (χ0) is 13.4. The largest absolute Gasteiger partial charge is 0.376 e. The summed E-state index contributed by atoms with van der Waals surface area (Å²) in [7, 11) is 0. The molecule has 0 saturated carbocycles. The van der Waals surface area contributed by atoms with Crippen molar-refractivity contribution in [2.24, 2.45) is 5.73 Å². The van der Waals surface area contributed by atoms with Crippen LogP contribution in [0, 0.1) is 0 Å². The fourth-order valence-electron chi connectivity index (χ4n) is 1.58. The predicted octanol–water partition coefficient (Wildman–Crippen LogP) is 2.52. The Labute approximate surface area is 114 Å². The molecule has 1 rings (SSSR count). The van der Waals surface area contributed by atoms with Crippen LogP contribution in [0.3, 0.4) is 0 Å². The number of nitrogens with one attached hydrogen (secondary N) is 1. The molecule has 3 nitrogen and oxygen atoms in total. The minimum absolute atomic E-state index is 0.135. The summed E-state index contributed by atoms with van der Waals surface area (Å²) in [6, 6.07) is 7.86. The van der Waals surface area contributed by atoms with Crippen molar-refractivity contribution in [2.75, 3.05) is 26.3 Å². The van der Waals surface area contributed by atoms with Gasteiger partial charge in [-0.25, -0.2) is 0 Å². The van der Waals surface area contributed by atoms with Crippen LogP contribution >= 0.6 is 11.6 Å². The highest BCUT2D eigenvalue weighted by atomic mass is 35.5. The second-order valence-corrected chi connectivity index (χ2v) is 4.74. The van der Waals surface area contributed by atoms with Crippen molar-refractivity contribution in [3.05, 3.63) is 47.0 Å². The van der Waals surface area contributed by atoms with Crippen molar-refractivity contribution in [3.63, 3.8) is 0 Å². The van der Waals surface area contributed by atoms with Crippen LogP contribution in [0.5, 0.6) is 0 Å². The van der Waals surface area contributed by atoms with E-state index in [4.69, 9.17) is 22.1 Å². The Kier molecular flexibility index (Phi) is 6.98. The van der Waals surface area contributed by atoms with Gasteiger partial charge in [-0.2, -0.15) is 0 Å². The van der Waals surface area contributed by atoms with Crippen molar-refractivity contribution in [1.82, 2.24) is 5.32 Å². The van der Waals surface area contributed by atoms with Gasteiger partial charge in [-0.15, -0.1) is 0 Å². The quantitative estimate of drug-likeness (QED) is 0.563. The zero-order valence-electron chi connectivity index (χ0n) is 10.8. The van der Waals surface area contributed by atoms with Crippen LogP contribution in [0.4, 0.5) is 0 Å². The Morgan fingerprint density at radius 2 is 2.11 bits per heavy atom. The van der Waals surface area contributed by atoms with Gasteiger partial charge >= 0.3 is 0 Å². The van der Waals surface area contributed by atoms with Gasteiger partial charge < -0.3 is 15.8 Å². The van der Waals surface area contributed by atoms with Gasteiger partial charge in [0, 0.05) is 24.2 Å². The second kappa shape index (κ2) is 8.27. The molecule has 0 aromatic heterocycles. The molecule has 1 aromatic carbocycles. The van der Waals surface area contributed by atoms with Crippen molar-refractivity contribution in [2.45, 2.75) is 13.0 Å². The van der Waals surface area contributed by atoms with Crippen LogP contribution in [0.25, 0.3) is 0 Å². The van der Waals surface area contributed by atoms with E-state index in [0.29, 0.717) is 19.8 Å². The lowest BCUT2D eigenvalue weighted by molar-refractivity contribution is 0.155. The molecule has 0 aliphatic heterocycles. The van der Waals surface area contributed by atoms with E-state index in [1.54, 1.807) is 0 Å². The highest BCUT2D eigenvalue weighted by Crippen LogP contribution is 2.15. The molecule has 1 unspecified atom stereocenters. The van der Waals surface area contributed by atoms with Gasteiger partial charge in [0.25, 0.3) is 0 Å². The lowest BCUT2D eigenvalue weighted by atomic mass is 10.1.